The van der Waals surface area contributed by atoms with Crippen LogP contribution in [-0.2, 0) is 14.3 Å². The molecule has 32 heavy (non-hydrogen) atoms. The van der Waals surface area contributed by atoms with Crippen molar-refractivity contribution in [3.63, 3.8) is 0 Å². The van der Waals surface area contributed by atoms with E-state index in [0.717, 1.165) is 5.56 Å². The number of hydrogen-bond donors (Lipinski definition) is 2. The van der Waals surface area contributed by atoms with Crippen LogP contribution in [0.3, 0.4) is 0 Å². The summed E-state index contributed by atoms with van der Waals surface area (Å²) in [6.45, 7) is 5.58. The first-order valence-electron chi connectivity index (χ1n) is 10.3. The fourth-order valence-corrected chi connectivity index (χ4v) is 4.51. The average molecular weight is 448 g/mol. The lowest BCUT2D eigenvalue weighted by atomic mass is 9.82. The molecular weight excluding hydrogens is 422 g/mol. The number of thioether (sulfide) groups is 1. The van der Waals surface area contributed by atoms with Gasteiger partial charge in [0.2, 0.25) is 0 Å². The molecule has 6 nitrogen and oxygen atoms in total. The first-order chi connectivity index (χ1) is 15.5. The topological polar surface area (TPSA) is 91.2 Å². The van der Waals surface area contributed by atoms with Gasteiger partial charge in [-0.1, -0.05) is 60.3 Å². The van der Waals surface area contributed by atoms with Gasteiger partial charge in [-0.2, -0.15) is 5.26 Å². The van der Waals surface area contributed by atoms with E-state index in [1.54, 1.807) is 20.8 Å². The van der Waals surface area contributed by atoms with Crippen molar-refractivity contribution in [1.29, 1.82) is 5.26 Å². The van der Waals surface area contributed by atoms with E-state index in [2.05, 4.69) is 16.7 Å². The quantitative estimate of drug-likeness (QED) is 0.598. The smallest absolute Gasteiger partial charge is 0.319 e. The van der Waals surface area contributed by atoms with Crippen LogP contribution in [0.5, 0.6) is 0 Å². The second kappa shape index (κ2) is 10.7. The lowest BCUT2D eigenvalue weighted by Crippen LogP contribution is -2.31. The molecule has 2 atom stereocenters. The standard InChI is InChI=1S/C25H25N3O3S/c1-4-31-25(30)17(3)32-24-20(15-26)22(18-11-7-5-8-12-18)21(16(2)27-24)23(29)28-19-13-9-6-10-14-19/h5-14,17,22,27H,4H2,1-3H3,(H,28,29)/t17-,22+/m0/s1. The first-order valence-corrected chi connectivity index (χ1v) is 11.2. The van der Waals surface area contributed by atoms with Crippen LogP contribution < -0.4 is 10.6 Å². The number of nitrogens with one attached hydrogen (secondary N) is 2. The second-order valence-corrected chi connectivity index (χ2v) is 8.55. The van der Waals surface area contributed by atoms with Crippen LogP contribution in [0.1, 0.15) is 32.3 Å². The number of para-hydroxylation sites is 1. The van der Waals surface area contributed by atoms with Gasteiger partial charge < -0.3 is 15.4 Å². The van der Waals surface area contributed by atoms with Crippen LogP contribution in [0.4, 0.5) is 5.69 Å². The van der Waals surface area contributed by atoms with Gasteiger partial charge >= 0.3 is 5.97 Å². The zero-order chi connectivity index (χ0) is 23.1. The monoisotopic (exact) mass is 447 g/mol. The van der Waals surface area contributed by atoms with Gasteiger partial charge in [0.15, 0.2) is 0 Å². The Balaban J connectivity index is 2.02. The molecule has 2 aromatic rings. The van der Waals surface area contributed by atoms with Crippen molar-refractivity contribution >= 4 is 29.3 Å². The van der Waals surface area contributed by atoms with E-state index < -0.39 is 11.2 Å². The third kappa shape index (κ3) is 5.21. The minimum absolute atomic E-state index is 0.287. The Morgan fingerprint density at radius 1 is 1.16 bits per heavy atom. The van der Waals surface area contributed by atoms with Crippen LogP contribution in [-0.4, -0.2) is 23.7 Å². The maximum Gasteiger partial charge on any atom is 0.319 e. The van der Waals surface area contributed by atoms with Gasteiger partial charge in [0.05, 0.1) is 29.2 Å². The summed E-state index contributed by atoms with van der Waals surface area (Å²) >= 11 is 1.23. The van der Waals surface area contributed by atoms with Gasteiger partial charge in [-0.3, -0.25) is 9.59 Å². The molecule has 1 aliphatic heterocycles. The zero-order valence-electron chi connectivity index (χ0n) is 18.2. The Morgan fingerprint density at radius 2 is 1.78 bits per heavy atom. The number of hydrogen-bond acceptors (Lipinski definition) is 6. The number of rotatable bonds is 7. The molecule has 0 bridgehead atoms. The molecule has 0 saturated carbocycles. The van der Waals surface area contributed by atoms with Crippen LogP contribution in [0.2, 0.25) is 0 Å². The highest BCUT2D eigenvalue weighted by Gasteiger charge is 2.35. The summed E-state index contributed by atoms with van der Waals surface area (Å²) in [5.41, 5.74) is 2.98. The van der Waals surface area contributed by atoms with E-state index in [-0.39, 0.29) is 18.5 Å². The van der Waals surface area contributed by atoms with Gasteiger partial charge in [-0.15, -0.1) is 0 Å². The minimum Gasteiger partial charge on any atom is -0.465 e. The number of nitrogens with zero attached hydrogens (tertiary/aromatic N) is 1. The number of ether oxygens (including phenoxy) is 1. The number of nitriles is 1. The van der Waals surface area contributed by atoms with Crippen molar-refractivity contribution < 1.29 is 14.3 Å². The normalized spacial score (nSPS) is 16.6. The molecule has 1 aliphatic rings. The summed E-state index contributed by atoms with van der Waals surface area (Å²) in [5.74, 6) is -1.21. The highest BCUT2D eigenvalue weighted by molar-refractivity contribution is 8.04. The molecule has 0 spiro atoms. The fraction of sp³-hybridized carbons (Fsp3) is 0.240. The number of allylic oxidation sites excluding steroid dienone is 2. The van der Waals surface area contributed by atoms with Crippen molar-refractivity contribution in [2.24, 2.45) is 0 Å². The second-order valence-electron chi connectivity index (χ2n) is 7.19. The third-order valence-electron chi connectivity index (χ3n) is 4.97. The molecule has 7 heteroatoms. The number of anilines is 1. The highest BCUT2D eigenvalue weighted by Crippen LogP contribution is 2.41. The number of amides is 1. The lowest BCUT2D eigenvalue weighted by molar-refractivity contribution is -0.142. The van der Waals surface area contributed by atoms with Crippen LogP contribution in [0.15, 0.2) is 82.5 Å². The van der Waals surface area contributed by atoms with Crippen molar-refractivity contribution in [2.45, 2.75) is 31.9 Å². The number of dihydropyridines is 1. The summed E-state index contributed by atoms with van der Waals surface area (Å²) < 4.78 is 5.11. The zero-order valence-corrected chi connectivity index (χ0v) is 19.0. The van der Waals surface area contributed by atoms with Crippen LogP contribution in [0.25, 0.3) is 0 Å². The van der Waals surface area contributed by atoms with Gasteiger partial charge in [-0.25, -0.2) is 0 Å². The van der Waals surface area contributed by atoms with Crippen molar-refractivity contribution in [1.82, 2.24) is 5.32 Å². The Bertz CT molecular complexity index is 1090. The van der Waals surface area contributed by atoms with Crippen molar-refractivity contribution in [2.75, 3.05) is 11.9 Å². The Kier molecular flexibility index (Phi) is 7.74. The predicted octanol–water partition coefficient (Wildman–Crippen LogP) is 4.71. The Morgan fingerprint density at radius 3 is 2.38 bits per heavy atom. The highest BCUT2D eigenvalue weighted by atomic mass is 32.2. The van der Waals surface area contributed by atoms with Gasteiger partial charge in [0.1, 0.15) is 5.25 Å². The first kappa shape index (κ1) is 23.2. The molecular formula is C25H25N3O3S. The molecule has 1 amide bonds. The molecule has 1 heterocycles. The van der Waals surface area contributed by atoms with Gasteiger partial charge in [0.25, 0.3) is 5.91 Å². The van der Waals surface area contributed by atoms with Gasteiger partial charge in [0, 0.05) is 17.0 Å². The van der Waals surface area contributed by atoms with Crippen LogP contribution >= 0.6 is 11.8 Å². The predicted molar refractivity (Wildman–Crippen MR) is 126 cm³/mol. The van der Waals surface area contributed by atoms with Crippen molar-refractivity contribution in [3.05, 3.63) is 88.1 Å². The maximum absolute atomic E-state index is 13.3. The van der Waals surface area contributed by atoms with E-state index in [1.165, 1.54) is 11.8 Å². The molecule has 164 valence electrons. The van der Waals surface area contributed by atoms with Gasteiger partial charge in [-0.05, 0) is 38.5 Å². The molecule has 0 aliphatic carbocycles. The van der Waals surface area contributed by atoms with Crippen LogP contribution in [0, 0.1) is 11.3 Å². The third-order valence-corrected chi connectivity index (χ3v) is 6.07. The molecule has 2 aromatic carbocycles. The SMILES string of the molecule is CCOC(=O)[C@H](C)SC1=C(C#N)[C@@H](c2ccccc2)C(C(=O)Nc2ccccc2)=C(C)N1. The summed E-state index contributed by atoms with van der Waals surface area (Å²) in [6, 6.07) is 20.9. The number of carbonyl (C=O) groups is 2. The average Bonchev–Trinajstić information content (AvgIpc) is 2.80. The summed E-state index contributed by atoms with van der Waals surface area (Å²) in [6.07, 6.45) is 0. The summed E-state index contributed by atoms with van der Waals surface area (Å²) in [5, 5.41) is 16.3. The minimum atomic E-state index is -0.567. The maximum atomic E-state index is 13.3. The largest absolute Gasteiger partial charge is 0.465 e. The van der Waals surface area contributed by atoms with Crippen molar-refractivity contribution in [3.8, 4) is 6.07 Å². The molecule has 0 unspecified atom stereocenters. The summed E-state index contributed by atoms with van der Waals surface area (Å²) in [7, 11) is 0. The number of carbonyl (C=O) groups excluding carboxylic acids is 2. The lowest BCUT2D eigenvalue weighted by Gasteiger charge is -2.30. The molecule has 0 fully saturated rings. The van der Waals surface area contributed by atoms with E-state index in [4.69, 9.17) is 4.74 Å². The molecule has 0 saturated heterocycles. The Labute approximate surface area is 192 Å². The number of benzene rings is 2. The van der Waals surface area contributed by atoms with E-state index in [9.17, 15) is 14.9 Å². The molecule has 2 N–H and O–H groups in total. The number of esters is 1. The Hall–Kier alpha value is -3.50. The van der Waals surface area contributed by atoms with E-state index in [1.807, 2.05) is 60.7 Å². The molecule has 0 aromatic heterocycles. The molecule has 3 rings (SSSR count). The molecule has 0 radical (unpaired) electrons. The fourth-order valence-electron chi connectivity index (χ4n) is 3.49. The summed E-state index contributed by atoms with van der Waals surface area (Å²) in [4.78, 5) is 25.5. The van der Waals surface area contributed by atoms with E-state index in [0.29, 0.717) is 27.6 Å². The van der Waals surface area contributed by atoms with E-state index >= 15 is 0 Å².